The highest BCUT2D eigenvalue weighted by molar-refractivity contribution is 5.32. The average molecular weight is 201 g/mol. The normalized spacial score (nSPS) is 17.9. The average Bonchev–Trinajstić information content (AvgIpc) is 2.24. The van der Waals surface area contributed by atoms with E-state index in [0.29, 0.717) is 19.6 Å². The van der Waals surface area contributed by atoms with Gasteiger partial charge in [0.25, 0.3) is 0 Å². The van der Waals surface area contributed by atoms with Gasteiger partial charge >= 0.3 is 0 Å². The maximum Gasteiger partial charge on any atom is 0.0632 e. The lowest BCUT2D eigenvalue weighted by molar-refractivity contribution is -0.0577. The van der Waals surface area contributed by atoms with Crippen LogP contribution in [0.1, 0.15) is 24.5 Å². The number of nitrogens with zero attached hydrogens (tertiary/aromatic N) is 1. The zero-order valence-corrected chi connectivity index (χ0v) is 8.99. The fourth-order valence-corrected chi connectivity index (χ4v) is 1.96. The molecule has 1 heterocycles. The summed E-state index contributed by atoms with van der Waals surface area (Å²) in [5.41, 5.74) is 2.56. The summed E-state index contributed by atoms with van der Waals surface area (Å²) in [5, 5.41) is 8.82. The molecule has 0 saturated carbocycles. The predicted molar refractivity (Wildman–Crippen MR) is 58.5 cm³/mol. The molecule has 1 fully saturated rings. The first-order valence-electron chi connectivity index (χ1n) is 5.35. The van der Waals surface area contributed by atoms with E-state index in [2.05, 4.69) is 37.3 Å². The molecule has 2 rings (SSSR count). The van der Waals surface area contributed by atoms with Crippen LogP contribution in [0.4, 0.5) is 0 Å². The summed E-state index contributed by atoms with van der Waals surface area (Å²) in [5.74, 6) is 0. The maximum atomic E-state index is 8.82. The largest absolute Gasteiger partial charge is 0.379 e. The van der Waals surface area contributed by atoms with Gasteiger partial charge in [0.1, 0.15) is 0 Å². The molecule has 1 aliphatic heterocycles. The van der Waals surface area contributed by atoms with Crippen LogP contribution >= 0.6 is 0 Å². The molecule has 0 radical (unpaired) electrons. The highest BCUT2D eigenvalue weighted by Gasteiger charge is 2.40. The van der Waals surface area contributed by atoms with Gasteiger partial charge < -0.3 is 4.74 Å². The quantitative estimate of drug-likeness (QED) is 0.752. The first-order chi connectivity index (χ1) is 7.30. The molecule has 78 valence electrons. The van der Waals surface area contributed by atoms with Gasteiger partial charge in [0.15, 0.2) is 0 Å². The van der Waals surface area contributed by atoms with Crippen LogP contribution in [0.3, 0.4) is 0 Å². The second kappa shape index (κ2) is 4.04. The molecular formula is C13H15NO. The summed E-state index contributed by atoms with van der Waals surface area (Å²) in [4.78, 5) is 0. The molecule has 0 spiro atoms. The minimum Gasteiger partial charge on any atom is -0.379 e. The van der Waals surface area contributed by atoms with Gasteiger partial charge in [-0.25, -0.2) is 0 Å². The Balaban J connectivity index is 2.24. The van der Waals surface area contributed by atoms with Crippen molar-refractivity contribution < 1.29 is 4.74 Å². The molecule has 0 N–H and O–H groups in total. The molecule has 0 aromatic heterocycles. The molecule has 1 saturated heterocycles. The van der Waals surface area contributed by atoms with Gasteiger partial charge in [-0.15, -0.1) is 0 Å². The second-order valence-corrected chi connectivity index (χ2v) is 4.16. The van der Waals surface area contributed by atoms with E-state index in [1.165, 1.54) is 11.1 Å². The van der Waals surface area contributed by atoms with Crippen molar-refractivity contribution in [3.8, 4) is 6.07 Å². The van der Waals surface area contributed by atoms with E-state index in [4.69, 9.17) is 10.00 Å². The molecule has 1 aliphatic rings. The number of aryl methyl sites for hydroxylation is 1. The van der Waals surface area contributed by atoms with E-state index < -0.39 is 0 Å². The monoisotopic (exact) mass is 201 g/mol. The first kappa shape index (κ1) is 10.2. The van der Waals surface area contributed by atoms with Crippen molar-refractivity contribution in [2.45, 2.75) is 25.2 Å². The molecule has 1 aromatic rings. The Kier molecular flexibility index (Phi) is 2.75. The number of ether oxygens (including phenoxy) is 1. The Hall–Kier alpha value is -1.33. The van der Waals surface area contributed by atoms with Gasteiger partial charge in [-0.05, 0) is 17.5 Å². The third kappa shape index (κ3) is 1.75. The standard InChI is InChI=1S/C13H15NO/c1-2-11-3-5-12(6-4-11)13(7-8-14)9-15-10-13/h3-6H,2,7,9-10H2,1H3. The smallest absolute Gasteiger partial charge is 0.0632 e. The van der Waals surface area contributed by atoms with Crippen molar-refractivity contribution in [1.29, 1.82) is 5.26 Å². The Morgan fingerprint density at radius 1 is 1.33 bits per heavy atom. The van der Waals surface area contributed by atoms with Crippen LogP contribution in [-0.4, -0.2) is 13.2 Å². The van der Waals surface area contributed by atoms with E-state index in [1.807, 2.05) is 0 Å². The van der Waals surface area contributed by atoms with E-state index >= 15 is 0 Å². The predicted octanol–water partition coefficient (Wildman–Crippen LogP) is 2.43. The van der Waals surface area contributed by atoms with E-state index in [-0.39, 0.29) is 5.41 Å². The maximum absolute atomic E-state index is 8.82. The Morgan fingerprint density at radius 2 is 2.00 bits per heavy atom. The molecule has 0 atom stereocenters. The van der Waals surface area contributed by atoms with Crippen LogP contribution in [0, 0.1) is 11.3 Å². The van der Waals surface area contributed by atoms with Gasteiger partial charge in [-0.2, -0.15) is 5.26 Å². The molecule has 0 bridgehead atoms. The topological polar surface area (TPSA) is 33.0 Å². The second-order valence-electron chi connectivity index (χ2n) is 4.16. The van der Waals surface area contributed by atoms with Gasteiger partial charge in [0, 0.05) is 6.42 Å². The summed E-state index contributed by atoms with van der Waals surface area (Å²) in [6.45, 7) is 3.52. The van der Waals surface area contributed by atoms with E-state index in [0.717, 1.165) is 6.42 Å². The third-order valence-corrected chi connectivity index (χ3v) is 3.15. The van der Waals surface area contributed by atoms with Crippen molar-refractivity contribution in [1.82, 2.24) is 0 Å². The first-order valence-corrected chi connectivity index (χ1v) is 5.35. The fourth-order valence-electron chi connectivity index (χ4n) is 1.96. The molecular weight excluding hydrogens is 186 g/mol. The van der Waals surface area contributed by atoms with Crippen molar-refractivity contribution in [2.75, 3.05) is 13.2 Å². The summed E-state index contributed by atoms with van der Waals surface area (Å²) in [6.07, 6.45) is 1.61. The van der Waals surface area contributed by atoms with E-state index in [1.54, 1.807) is 0 Å². The van der Waals surface area contributed by atoms with Crippen LogP contribution in [0.5, 0.6) is 0 Å². The Bertz CT molecular complexity index is 371. The van der Waals surface area contributed by atoms with Crippen LogP contribution in [0.15, 0.2) is 24.3 Å². The summed E-state index contributed by atoms with van der Waals surface area (Å²) < 4.78 is 5.25. The third-order valence-electron chi connectivity index (χ3n) is 3.15. The number of hydrogen-bond acceptors (Lipinski definition) is 2. The minimum absolute atomic E-state index is 0.0268. The number of benzene rings is 1. The molecule has 0 unspecified atom stereocenters. The SMILES string of the molecule is CCc1ccc(C2(CC#N)COC2)cc1. The Labute approximate surface area is 90.5 Å². The number of rotatable bonds is 3. The fraction of sp³-hybridized carbons (Fsp3) is 0.462. The highest BCUT2D eigenvalue weighted by Crippen LogP contribution is 2.35. The Morgan fingerprint density at radius 3 is 2.40 bits per heavy atom. The molecule has 2 nitrogen and oxygen atoms in total. The van der Waals surface area contributed by atoms with E-state index in [9.17, 15) is 0 Å². The van der Waals surface area contributed by atoms with Crippen molar-refractivity contribution in [3.63, 3.8) is 0 Å². The van der Waals surface area contributed by atoms with Gasteiger partial charge in [-0.1, -0.05) is 31.2 Å². The van der Waals surface area contributed by atoms with Crippen LogP contribution in [0.25, 0.3) is 0 Å². The molecule has 1 aromatic carbocycles. The van der Waals surface area contributed by atoms with Crippen LogP contribution in [-0.2, 0) is 16.6 Å². The number of hydrogen-bond donors (Lipinski definition) is 0. The molecule has 2 heteroatoms. The zero-order chi connectivity index (χ0) is 10.7. The van der Waals surface area contributed by atoms with Gasteiger partial charge in [-0.3, -0.25) is 0 Å². The van der Waals surface area contributed by atoms with Crippen molar-refractivity contribution >= 4 is 0 Å². The molecule has 0 amide bonds. The van der Waals surface area contributed by atoms with Crippen molar-refractivity contribution in [3.05, 3.63) is 35.4 Å². The highest BCUT2D eigenvalue weighted by atomic mass is 16.5. The summed E-state index contributed by atoms with van der Waals surface area (Å²) >= 11 is 0. The summed E-state index contributed by atoms with van der Waals surface area (Å²) in [6, 6.07) is 10.8. The lowest BCUT2D eigenvalue weighted by Crippen LogP contribution is -2.46. The van der Waals surface area contributed by atoms with Crippen LogP contribution in [0.2, 0.25) is 0 Å². The lowest BCUT2D eigenvalue weighted by Gasteiger charge is -2.40. The zero-order valence-electron chi connectivity index (χ0n) is 8.99. The minimum atomic E-state index is -0.0268. The van der Waals surface area contributed by atoms with Crippen LogP contribution < -0.4 is 0 Å². The van der Waals surface area contributed by atoms with Gasteiger partial charge in [0.2, 0.25) is 0 Å². The summed E-state index contributed by atoms with van der Waals surface area (Å²) in [7, 11) is 0. The lowest BCUT2D eigenvalue weighted by atomic mass is 9.76. The van der Waals surface area contributed by atoms with Gasteiger partial charge in [0.05, 0.1) is 24.7 Å². The molecule has 15 heavy (non-hydrogen) atoms. The number of nitriles is 1. The molecule has 0 aliphatic carbocycles. The van der Waals surface area contributed by atoms with Crippen molar-refractivity contribution in [2.24, 2.45) is 0 Å².